The molecule has 0 atom stereocenters. The van der Waals surface area contributed by atoms with E-state index in [1.165, 1.54) is 21.5 Å². The summed E-state index contributed by atoms with van der Waals surface area (Å²) in [5.41, 5.74) is 16.3. The zero-order chi connectivity index (χ0) is 45.7. The van der Waals surface area contributed by atoms with Gasteiger partial charge in [0, 0.05) is 72.9 Å². The largest absolute Gasteiger partial charge is 0.310 e. The first kappa shape index (κ1) is 39.9. The van der Waals surface area contributed by atoms with Crippen LogP contribution in [0.4, 0.5) is 17.1 Å². The van der Waals surface area contributed by atoms with Crippen molar-refractivity contribution in [3.8, 4) is 56.5 Å². The van der Waals surface area contributed by atoms with Gasteiger partial charge in [0.15, 0.2) is 5.82 Å². The molecule has 0 saturated heterocycles. The van der Waals surface area contributed by atoms with Crippen LogP contribution in [-0.2, 0) is 0 Å². The molecular weight excluding hydrogens is 841 g/mol. The first-order chi connectivity index (χ1) is 34.2. The van der Waals surface area contributed by atoms with Gasteiger partial charge in [0.2, 0.25) is 0 Å². The smallest absolute Gasteiger partial charge is 0.160 e. The highest BCUT2D eigenvalue weighted by molar-refractivity contribution is 6.11. The van der Waals surface area contributed by atoms with E-state index >= 15 is 0 Å². The van der Waals surface area contributed by atoms with Crippen molar-refractivity contribution in [3.05, 3.63) is 255 Å². The predicted octanol–water partition coefficient (Wildman–Crippen LogP) is 16.2. The monoisotopic (exact) mass is 882 g/mol. The predicted molar refractivity (Wildman–Crippen MR) is 285 cm³/mol. The number of hydrogen-bond donors (Lipinski definition) is 0. The summed E-state index contributed by atoms with van der Waals surface area (Å²) in [4.78, 5) is 17.6. The number of para-hydroxylation sites is 5. The van der Waals surface area contributed by atoms with Crippen LogP contribution in [0.15, 0.2) is 255 Å². The molecule has 0 aliphatic heterocycles. The van der Waals surface area contributed by atoms with Crippen LogP contribution < -0.4 is 4.90 Å². The molecule has 0 aliphatic carbocycles. The summed E-state index contributed by atoms with van der Waals surface area (Å²) < 4.78 is 4.82. The average molecular weight is 883 g/mol. The van der Waals surface area contributed by atoms with Crippen molar-refractivity contribution in [3.63, 3.8) is 0 Å². The molecule has 0 spiro atoms. The van der Waals surface area contributed by atoms with Crippen LogP contribution in [0.25, 0.3) is 100 Å². The van der Waals surface area contributed by atoms with Crippen LogP contribution in [0, 0.1) is 0 Å². The summed E-state index contributed by atoms with van der Waals surface area (Å²) in [6, 6.07) is 87.9. The van der Waals surface area contributed by atoms with Gasteiger partial charge in [0.25, 0.3) is 0 Å². The third-order valence-corrected chi connectivity index (χ3v) is 13.1. The Morgan fingerprint density at radius 1 is 0.290 bits per heavy atom. The second-order valence-electron chi connectivity index (χ2n) is 17.3. The summed E-state index contributed by atoms with van der Waals surface area (Å²) in [5, 5.41) is 4.78. The molecule has 0 unspecified atom stereocenters. The Morgan fingerprint density at radius 2 is 0.768 bits per heavy atom. The van der Waals surface area contributed by atoms with Gasteiger partial charge in [0.05, 0.1) is 39.1 Å². The fourth-order valence-corrected chi connectivity index (χ4v) is 9.97. The number of fused-ring (bicyclic) bond motifs is 6. The Labute approximate surface area is 399 Å². The summed E-state index contributed by atoms with van der Waals surface area (Å²) in [5.74, 6) is 0.660. The number of anilines is 3. The molecule has 324 valence electrons. The lowest BCUT2D eigenvalue weighted by Gasteiger charge is -2.25. The highest BCUT2D eigenvalue weighted by Gasteiger charge is 2.20. The zero-order valence-electron chi connectivity index (χ0n) is 37.4. The topological polar surface area (TPSA) is 51.8 Å². The lowest BCUT2D eigenvalue weighted by molar-refractivity contribution is 1.13. The number of hydrogen-bond acceptors (Lipinski definition) is 4. The Morgan fingerprint density at radius 3 is 1.32 bits per heavy atom. The van der Waals surface area contributed by atoms with Gasteiger partial charge >= 0.3 is 0 Å². The molecule has 0 bridgehead atoms. The maximum Gasteiger partial charge on any atom is 0.160 e. The second kappa shape index (κ2) is 16.8. The van der Waals surface area contributed by atoms with Crippen LogP contribution in [0.3, 0.4) is 0 Å². The lowest BCUT2D eigenvalue weighted by atomic mass is 10.0. The second-order valence-corrected chi connectivity index (χ2v) is 17.3. The molecule has 9 aromatic carbocycles. The average Bonchev–Trinajstić information content (AvgIpc) is 3.95. The van der Waals surface area contributed by atoms with Crippen LogP contribution in [0.1, 0.15) is 0 Å². The lowest BCUT2D eigenvalue weighted by Crippen LogP contribution is -2.09. The van der Waals surface area contributed by atoms with Crippen LogP contribution in [0.5, 0.6) is 0 Å². The van der Waals surface area contributed by atoms with E-state index in [2.05, 4.69) is 208 Å². The SMILES string of the molecule is c1ccc(-c2cc(-c3ccc(-c4cc(-n5c6ccccc6c6ccccc65)cc(-n5c6ccccc6c6cc(N(c7ccccc7)c7ccccc7)ccc65)c4)cn3)nc(-c3ccccc3)n2)cc1. The molecule has 4 heterocycles. The molecule has 0 saturated carbocycles. The van der Waals surface area contributed by atoms with E-state index < -0.39 is 0 Å². The first-order valence-corrected chi connectivity index (χ1v) is 23.3. The fourth-order valence-electron chi connectivity index (χ4n) is 9.97. The number of benzene rings is 9. The molecule has 13 aromatic rings. The number of aromatic nitrogens is 5. The minimum Gasteiger partial charge on any atom is -0.310 e. The molecule has 13 rings (SSSR count). The van der Waals surface area contributed by atoms with Gasteiger partial charge in [-0.3, -0.25) is 4.98 Å². The Balaban J connectivity index is 1.00. The standard InChI is InChI=1S/C63H42N6/c1-5-19-43(20-6-1)57-41-58(66-63(65-57)44-21-7-2-8-22-44)56-35-33-45(42-64-56)46-37-50(68-59-30-16-13-27-52(59)53-28-14-17-31-60(53)68)39-51(38-46)69-61-32-18-15-29-54(61)55-40-49(34-36-62(55)69)67(47-23-9-3-10-24-47)48-25-11-4-12-26-48/h1-42H. The van der Waals surface area contributed by atoms with E-state index in [-0.39, 0.29) is 0 Å². The quantitative estimate of drug-likeness (QED) is 0.145. The summed E-state index contributed by atoms with van der Waals surface area (Å²) >= 11 is 0. The summed E-state index contributed by atoms with van der Waals surface area (Å²) in [6.07, 6.45) is 1.98. The van der Waals surface area contributed by atoms with Crippen LogP contribution in [0.2, 0.25) is 0 Å². The van der Waals surface area contributed by atoms with Crippen molar-refractivity contribution in [1.29, 1.82) is 0 Å². The maximum atomic E-state index is 5.15. The normalized spacial score (nSPS) is 11.5. The van der Waals surface area contributed by atoms with Gasteiger partial charge < -0.3 is 14.0 Å². The molecule has 6 nitrogen and oxygen atoms in total. The van der Waals surface area contributed by atoms with Crippen LogP contribution >= 0.6 is 0 Å². The van der Waals surface area contributed by atoms with E-state index in [9.17, 15) is 0 Å². The highest BCUT2D eigenvalue weighted by Crippen LogP contribution is 2.42. The fraction of sp³-hybridized carbons (Fsp3) is 0. The van der Waals surface area contributed by atoms with E-state index in [0.29, 0.717) is 5.82 Å². The van der Waals surface area contributed by atoms with Gasteiger partial charge in [-0.25, -0.2) is 9.97 Å². The maximum absolute atomic E-state index is 5.15. The third kappa shape index (κ3) is 7.10. The van der Waals surface area contributed by atoms with Gasteiger partial charge in [-0.1, -0.05) is 158 Å². The van der Waals surface area contributed by atoms with Gasteiger partial charge in [-0.15, -0.1) is 0 Å². The van der Waals surface area contributed by atoms with Gasteiger partial charge in [0.1, 0.15) is 0 Å². The van der Waals surface area contributed by atoms with Crippen molar-refractivity contribution in [2.75, 3.05) is 4.90 Å². The van der Waals surface area contributed by atoms with E-state index in [0.717, 1.165) is 89.8 Å². The van der Waals surface area contributed by atoms with Crippen molar-refractivity contribution >= 4 is 60.7 Å². The van der Waals surface area contributed by atoms with Crippen molar-refractivity contribution < 1.29 is 0 Å². The Bertz CT molecular complexity index is 3840. The van der Waals surface area contributed by atoms with Crippen molar-refractivity contribution in [2.24, 2.45) is 0 Å². The molecule has 0 radical (unpaired) electrons. The molecule has 0 fully saturated rings. The molecule has 4 aromatic heterocycles. The molecular formula is C63H42N6. The van der Waals surface area contributed by atoms with E-state index in [1.54, 1.807) is 0 Å². The van der Waals surface area contributed by atoms with Crippen LogP contribution in [-0.4, -0.2) is 24.1 Å². The zero-order valence-corrected chi connectivity index (χ0v) is 37.4. The molecule has 0 aliphatic rings. The van der Waals surface area contributed by atoms with E-state index in [1.807, 2.05) is 60.8 Å². The van der Waals surface area contributed by atoms with Crippen molar-refractivity contribution in [1.82, 2.24) is 24.1 Å². The highest BCUT2D eigenvalue weighted by atomic mass is 15.1. The number of nitrogens with zero attached hydrogens (tertiary/aromatic N) is 6. The molecule has 0 N–H and O–H groups in total. The molecule has 69 heavy (non-hydrogen) atoms. The minimum atomic E-state index is 0.660. The molecule has 0 amide bonds. The van der Waals surface area contributed by atoms with E-state index in [4.69, 9.17) is 15.0 Å². The minimum absolute atomic E-state index is 0.660. The number of rotatable bonds is 9. The van der Waals surface area contributed by atoms with Gasteiger partial charge in [-0.05, 0) is 96.6 Å². The molecule has 6 heteroatoms. The Kier molecular flexibility index (Phi) is 9.72. The van der Waals surface area contributed by atoms with Gasteiger partial charge in [-0.2, -0.15) is 0 Å². The Hall–Kier alpha value is -9.39. The number of pyridine rings is 1. The first-order valence-electron chi connectivity index (χ1n) is 23.3. The third-order valence-electron chi connectivity index (χ3n) is 13.1. The summed E-state index contributed by atoms with van der Waals surface area (Å²) in [6.45, 7) is 0. The summed E-state index contributed by atoms with van der Waals surface area (Å²) in [7, 11) is 0. The van der Waals surface area contributed by atoms with Crippen molar-refractivity contribution in [2.45, 2.75) is 0 Å².